The van der Waals surface area contributed by atoms with Crippen molar-refractivity contribution in [1.29, 1.82) is 0 Å². The first-order chi connectivity index (χ1) is 47.2. The van der Waals surface area contributed by atoms with Crippen molar-refractivity contribution in [2.45, 2.75) is 20.8 Å². The van der Waals surface area contributed by atoms with E-state index in [4.69, 9.17) is 43.2 Å². The molecule has 12 heteroatoms. The first kappa shape index (κ1) is 58.2. The molecule has 18 rings (SSSR count). The van der Waals surface area contributed by atoms with Gasteiger partial charge < -0.3 is 13.3 Å². The van der Waals surface area contributed by atoms with Crippen molar-refractivity contribution in [2.24, 2.45) is 0 Å². The fourth-order valence-corrected chi connectivity index (χ4v) is 12.5. The number of aryl methyl sites for hydroxylation is 3. The van der Waals surface area contributed by atoms with Gasteiger partial charge in [-0.05, 0) is 147 Å². The summed E-state index contributed by atoms with van der Waals surface area (Å²) >= 11 is 0. The highest BCUT2D eigenvalue weighted by molar-refractivity contribution is 6.12. The maximum absolute atomic E-state index is 6.08. The van der Waals surface area contributed by atoms with Gasteiger partial charge in [0.1, 0.15) is 51.0 Å². The molecule has 0 saturated heterocycles. The van der Waals surface area contributed by atoms with Gasteiger partial charge in [-0.1, -0.05) is 146 Å². The van der Waals surface area contributed by atoms with Crippen molar-refractivity contribution in [3.05, 3.63) is 309 Å². The van der Waals surface area contributed by atoms with E-state index in [1.165, 1.54) is 0 Å². The Labute approximate surface area is 552 Å². The van der Waals surface area contributed by atoms with E-state index in [0.717, 1.165) is 184 Å². The average Bonchev–Trinajstić information content (AvgIpc) is 1.58. The van der Waals surface area contributed by atoms with Crippen LogP contribution in [-0.4, -0.2) is 44.9 Å². The summed E-state index contributed by atoms with van der Waals surface area (Å²) in [6, 6.07) is 86.3. The Bertz CT molecular complexity index is 5900. The van der Waals surface area contributed by atoms with Crippen LogP contribution in [0.4, 0.5) is 0 Å². The van der Waals surface area contributed by atoms with E-state index in [-0.39, 0.29) is 0 Å². The molecule has 0 aliphatic carbocycles. The minimum Gasteiger partial charge on any atom is -0.456 e. The maximum Gasteiger partial charge on any atom is 0.136 e. The largest absolute Gasteiger partial charge is 0.456 e. The van der Waals surface area contributed by atoms with Gasteiger partial charge >= 0.3 is 0 Å². The minimum atomic E-state index is 0.731. The number of nitrogens with zero attached hydrogens (tertiary/aromatic N) is 9. The van der Waals surface area contributed by atoms with Crippen LogP contribution in [0.15, 0.2) is 305 Å². The molecule has 0 saturated carbocycles. The van der Waals surface area contributed by atoms with Gasteiger partial charge in [0.25, 0.3) is 0 Å². The number of hydrogen-bond acceptors (Lipinski definition) is 12. The topological polar surface area (TPSA) is 155 Å². The van der Waals surface area contributed by atoms with Crippen molar-refractivity contribution in [3.63, 3.8) is 0 Å². The third kappa shape index (κ3) is 11.8. The maximum atomic E-state index is 6.08. The molecule has 0 amide bonds. The monoisotopic (exact) mass is 1240 g/mol. The highest BCUT2D eigenvalue weighted by atomic mass is 16.3. The smallest absolute Gasteiger partial charge is 0.136 e. The Morgan fingerprint density at radius 2 is 0.562 bits per heavy atom. The Morgan fingerprint density at radius 1 is 0.219 bits per heavy atom. The number of rotatable bonds is 9. The van der Waals surface area contributed by atoms with Gasteiger partial charge in [0.05, 0.1) is 34.2 Å². The fourth-order valence-electron chi connectivity index (χ4n) is 12.5. The van der Waals surface area contributed by atoms with Crippen LogP contribution in [0.25, 0.3) is 167 Å². The summed E-state index contributed by atoms with van der Waals surface area (Å²) < 4.78 is 18.1. The summed E-state index contributed by atoms with van der Waals surface area (Å²) in [4.78, 5) is 41.1. The van der Waals surface area contributed by atoms with Crippen LogP contribution in [-0.2, 0) is 0 Å². The molecule has 9 aromatic carbocycles. The Kier molecular flexibility index (Phi) is 15.3. The number of para-hydroxylation sites is 3. The molecule has 18 aromatic rings. The van der Waals surface area contributed by atoms with Crippen molar-refractivity contribution in [1.82, 2.24) is 44.9 Å². The van der Waals surface area contributed by atoms with E-state index in [0.29, 0.717) is 0 Å². The van der Waals surface area contributed by atoms with Gasteiger partial charge in [0.2, 0.25) is 0 Å². The number of pyridine rings is 3. The molecule has 12 nitrogen and oxygen atoms in total. The SMILES string of the molecule is Cc1nc(-c2cccc(-c3cccnc3)c2)cc(-c2ccc3c(c2)oc2ccccc23)n1.Cc1nc(-c2cccc(-c3cccnc3)c2)cc(-c2ccc3oc4ccccc4c3c2)n1.Cc1nc(-c2cccc(-c3cccnc3)c2)cc(-c2cccc3oc4ccccc4c23)n1. The Morgan fingerprint density at radius 3 is 1.06 bits per heavy atom. The van der Waals surface area contributed by atoms with Crippen molar-refractivity contribution < 1.29 is 13.3 Å². The molecule has 0 N–H and O–H groups in total. The quantitative estimate of drug-likeness (QED) is 0.135. The zero-order valence-electron chi connectivity index (χ0n) is 52.5. The van der Waals surface area contributed by atoms with Crippen LogP contribution in [0.2, 0.25) is 0 Å². The summed E-state index contributed by atoms with van der Waals surface area (Å²) in [6.07, 6.45) is 11.0. The molecule has 0 unspecified atom stereocenters. The average molecular weight is 1240 g/mol. The molecule has 0 fully saturated rings. The highest BCUT2D eigenvalue weighted by Gasteiger charge is 2.18. The number of benzene rings is 9. The highest BCUT2D eigenvalue weighted by Crippen LogP contribution is 2.39. The lowest BCUT2D eigenvalue weighted by atomic mass is 10.00. The van der Waals surface area contributed by atoms with E-state index < -0.39 is 0 Å². The van der Waals surface area contributed by atoms with Gasteiger partial charge in [-0.25, -0.2) is 29.9 Å². The zero-order valence-corrected chi connectivity index (χ0v) is 52.5. The Balaban J connectivity index is 0.000000113. The van der Waals surface area contributed by atoms with Gasteiger partial charge in [-0.2, -0.15) is 0 Å². The lowest BCUT2D eigenvalue weighted by molar-refractivity contribution is 0.668. The van der Waals surface area contributed by atoms with Crippen LogP contribution in [0, 0.1) is 20.8 Å². The third-order valence-electron chi connectivity index (χ3n) is 17.0. The second-order valence-corrected chi connectivity index (χ2v) is 23.4. The van der Waals surface area contributed by atoms with Gasteiger partial charge in [0.15, 0.2) is 0 Å². The second-order valence-electron chi connectivity index (χ2n) is 23.4. The summed E-state index contributed by atoms with van der Waals surface area (Å²) in [5.74, 6) is 2.20. The van der Waals surface area contributed by atoms with E-state index in [9.17, 15) is 0 Å². The van der Waals surface area contributed by atoms with E-state index in [1.807, 2.05) is 136 Å². The van der Waals surface area contributed by atoms with E-state index >= 15 is 0 Å². The van der Waals surface area contributed by atoms with Crippen molar-refractivity contribution in [3.8, 4) is 101 Å². The zero-order chi connectivity index (χ0) is 64.5. The van der Waals surface area contributed by atoms with Gasteiger partial charge in [0, 0.05) is 120 Å². The minimum absolute atomic E-state index is 0.731. The van der Waals surface area contributed by atoms with Crippen LogP contribution >= 0.6 is 0 Å². The third-order valence-corrected chi connectivity index (χ3v) is 17.0. The first-order valence-corrected chi connectivity index (χ1v) is 31.6. The number of aromatic nitrogens is 9. The number of hydrogen-bond donors (Lipinski definition) is 0. The standard InChI is InChI=1S/3C28H19N3O/c1-18-30-24(20-8-4-7-19(15-20)21-9-6-14-29-17-21)16-25(31-18)22-11-5-13-27-28(22)23-10-2-3-12-26(23)32-27;1-18-30-25(20-7-4-6-19(14-20)22-8-5-13-29-17-22)16-26(31-18)21-11-12-28-24(15-21)23-9-2-3-10-27(23)32-28;1-18-30-25(20-7-4-6-19(14-20)22-8-5-13-29-17-22)16-26(31-18)21-11-12-24-23-9-2-3-10-27(23)32-28(24)15-21/h3*2-17H,1H3. The van der Waals surface area contributed by atoms with Crippen LogP contribution in [0.1, 0.15) is 17.5 Å². The molecule has 0 spiro atoms. The molecular weight excluding hydrogens is 1180 g/mol. The van der Waals surface area contributed by atoms with Crippen molar-refractivity contribution >= 4 is 65.8 Å². The molecule has 9 aromatic heterocycles. The lowest BCUT2D eigenvalue weighted by Crippen LogP contribution is -1.95. The number of furan rings is 3. The molecule has 0 aliphatic heterocycles. The van der Waals surface area contributed by atoms with Gasteiger partial charge in [-0.3, -0.25) is 15.0 Å². The van der Waals surface area contributed by atoms with Crippen LogP contribution < -0.4 is 0 Å². The number of fused-ring (bicyclic) bond motifs is 9. The van der Waals surface area contributed by atoms with Crippen LogP contribution in [0.5, 0.6) is 0 Å². The summed E-state index contributed by atoms with van der Waals surface area (Å²) in [7, 11) is 0. The van der Waals surface area contributed by atoms with E-state index in [2.05, 4.69) is 173 Å². The molecule has 0 aliphatic rings. The molecule has 0 bridgehead atoms. The predicted octanol–water partition coefficient (Wildman–Crippen LogP) is 21.2. The molecule has 9 heterocycles. The first-order valence-electron chi connectivity index (χ1n) is 31.6. The Hall–Kier alpha value is -12.9. The summed E-state index contributed by atoms with van der Waals surface area (Å²) in [6.45, 7) is 5.80. The lowest BCUT2D eigenvalue weighted by Gasteiger charge is -2.09. The van der Waals surface area contributed by atoms with Crippen LogP contribution in [0.3, 0.4) is 0 Å². The summed E-state index contributed by atoms with van der Waals surface area (Å²) in [5.41, 5.74) is 23.4. The second kappa shape index (κ2) is 25.3. The van der Waals surface area contributed by atoms with E-state index in [1.54, 1.807) is 18.6 Å². The molecule has 96 heavy (non-hydrogen) atoms. The molecule has 0 radical (unpaired) electrons. The summed E-state index contributed by atoms with van der Waals surface area (Å²) in [5, 5.41) is 6.61. The van der Waals surface area contributed by atoms with Gasteiger partial charge in [-0.15, -0.1) is 0 Å². The predicted molar refractivity (Wildman–Crippen MR) is 384 cm³/mol. The fraction of sp³-hybridized carbons (Fsp3) is 0.0357. The molecule has 456 valence electrons. The van der Waals surface area contributed by atoms with Crippen molar-refractivity contribution in [2.75, 3.05) is 0 Å². The normalized spacial score (nSPS) is 11.3. The molecular formula is C84H57N9O3. The molecule has 0 atom stereocenters.